The lowest BCUT2D eigenvalue weighted by molar-refractivity contribution is 0.0976. The Kier molecular flexibility index (Phi) is 3.95. The topological polar surface area (TPSA) is 41.5 Å². The van der Waals surface area contributed by atoms with Crippen LogP contribution < -0.4 is 5.32 Å². The maximum Gasteiger partial charge on any atom is 0.256 e. The van der Waals surface area contributed by atoms with Crippen molar-refractivity contribution < 1.29 is 4.79 Å². The number of amides is 1. The van der Waals surface area contributed by atoms with Gasteiger partial charge in [0.15, 0.2) is 0 Å². The smallest absolute Gasteiger partial charge is 0.256 e. The zero-order valence-electron chi connectivity index (χ0n) is 11.5. The third-order valence-corrected chi connectivity index (χ3v) is 3.29. The Morgan fingerprint density at radius 2 is 2.00 bits per heavy atom. The minimum atomic E-state index is -0.105. The number of carbonyl (C=O) groups is 1. The van der Waals surface area contributed by atoms with E-state index >= 15 is 0 Å². The van der Waals surface area contributed by atoms with Gasteiger partial charge in [0.05, 0.1) is 0 Å². The van der Waals surface area contributed by atoms with Gasteiger partial charge in [-0.3, -0.25) is 4.79 Å². The Morgan fingerprint density at radius 3 is 2.63 bits per heavy atom. The van der Waals surface area contributed by atoms with Crippen LogP contribution in [-0.2, 0) is 0 Å². The summed E-state index contributed by atoms with van der Waals surface area (Å²) in [5, 5.41) is 2.88. The van der Waals surface area contributed by atoms with Crippen LogP contribution in [0, 0.1) is 0 Å². The van der Waals surface area contributed by atoms with Gasteiger partial charge in [-0.15, -0.1) is 0 Å². The molecule has 0 aliphatic carbocycles. The summed E-state index contributed by atoms with van der Waals surface area (Å²) in [6, 6.07) is 9.18. The lowest BCUT2D eigenvalue weighted by Gasteiger charge is -2.06. The van der Waals surface area contributed by atoms with E-state index in [0.29, 0.717) is 12.0 Å². The highest BCUT2D eigenvalue weighted by atomic mass is 16.1. The monoisotopic (exact) mass is 254 g/mol. The van der Waals surface area contributed by atoms with Crippen molar-refractivity contribution in [3.63, 3.8) is 0 Å². The molecule has 2 rings (SSSR count). The number of allylic oxidation sites excluding steroid dienone is 3. The molecule has 1 aliphatic heterocycles. The van der Waals surface area contributed by atoms with Crippen molar-refractivity contribution in [3.8, 4) is 0 Å². The summed E-state index contributed by atoms with van der Waals surface area (Å²) < 4.78 is 0. The Morgan fingerprint density at radius 1 is 1.32 bits per heavy atom. The molecule has 98 valence electrons. The third kappa shape index (κ3) is 2.99. The van der Waals surface area contributed by atoms with Gasteiger partial charge >= 0.3 is 0 Å². The molecule has 0 saturated carbocycles. The first-order chi connectivity index (χ1) is 9.11. The molecule has 0 aromatic heterocycles. The molecule has 1 aromatic carbocycles. The summed E-state index contributed by atoms with van der Waals surface area (Å²) in [5.74, 6) is 0.620. The highest BCUT2D eigenvalue weighted by Gasteiger charge is 2.18. The summed E-state index contributed by atoms with van der Waals surface area (Å²) in [4.78, 5) is 16.5. The van der Waals surface area contributed by atoms with Crippen LogP contribution in [0.15, 0.2) is 58.2 Å². The highest BCUT2D eigenvalue weighted by Crippen LogP contribution is 2.25. The first-order valence-corrected chi connectivity index (χ1v) is 6.39. The molecule has 0 saturated heterocycles. The number of aliphatic imine (C=N–C) groups is 1. The van der Waals surface area contributed by atoms with Gasteiger partial charge < -0.3 is 5.32 Å². The van der Waals surface area contributed by atoms with Gasteiger partial charge in [0.1, 0.15) is 5.84 Å². The van der Waals surface area contributed by atoms with Crippen molar-refractivity contribution in [1.82, 2.24) is 5.32 Å². The van der Waals surface area contributed by atoms with Gasteiger partial charge in [0, 0.05) is 17.7 Å². The van der Waals surface area contributed by atoms with Crippen molar-refractivity contribution in [2.24, 2.45) is 4.99 Å². The molecule has 1 aromatic rings. The molecular formula is C16H18N2O. The standard InChI is InChI=1S/C16H18N2O/c1-4-11(2)14-10-15(17-12(14)3)18-16(19)13-8-6-5-7-9-13/h4-9H,10H2,1-3H3,(H,17,18,19)/b11-4+. The number of nitrogens with one attached hydrogen (secondary N) is 1. The number of hydrogen-bond acceptors (Lipinski definition) is 2. The molecular weight excluding hydrogens is 236 g/mol. The van der Waals surface area contributed by atoms with Gasteiger partial charge in [-0.2, -0.15) is 0 Å². The average Bonchev–Trinajstić information content (AvgIpc) is 2.79. The molecule has 0 spiro atoms. The summed E-state index contributed by atoms with van der Waals surface area (Å²) in [6.07, 6.45) is 2.76. The average molecular weight is 254 g/mol. The molecule has 3 nitrogen and oxygen atoms in total. The number of rotatable bonds is 2. The fourth-order valence-electron chi connectivity index (χ4n) is 2.07. The van der Waals surface area contributed by atoms with Gasteiger partial charge in [-0.25, -0.2) is 4.99 Å². The number of carbonyl (C=O) groups excluding carboxylic acids is 1. The van der Waals surface area contributed by atoms with Crippen LogP contribution in [0.3, 0.4) is 0 Å². The molecule has 0 atom stereocenters. The molecule has 3 heteroatoms. The molecule has 1 aliphatic rings. The molecule has 0 radical (unpaired) electrons. The van der Waals surface area contributed by atoms with Crippen LogP contribution in [-0.4, -0.2) is 11.7 Å². The number of benzene rings is 1. The van der Waals surface area contributed by atoms with Gasteiger partial charge in [-0.05, 0) is 44.1 Å². The summed E-state index contributed by atoms with van der Waals surface area (Å²) in [5.41, 5.74) is 4.05. The fourth-order valence-corrected chi connectivity index (χ4v) is 2.07. The molecule has 19 heavy (non-hydrogen) atoms. The van der Waals surface area contributed by atoms with E-state index in [-0.39, 0.29) is 5.91 Å². The predicted molar refractivity (Wildman–Crippen MR) is 78.1 cm³/mol. The maximum atomic E-state index is 12.0. The first kappa shape index (κ1) is 13.3. The number of amidine groups is 1. The second-order valence-corrected chi connectivity index (χ2v) is 4.59. The lowest BCUT2D eigenvalue weighted by atomic mass is 10.0. The minimum absolute atomic E-state index is 0.105. The van der Waals surface area contributed by atoms with Gasteiger partial charge in [0.2, 0.25) is 0 Å². The second-order valence-electron chi connectivity index (χ2n) is 4.59. The summed E-state index contributed by atoms with van der Waals surface area (Å²) in [7, 11) is 0. The van der Waals surface area contributed by atoms with E-state index in [1.807, 2.05) is 32.0 Å². The zero-order chi connectivity index (χ0) is 13.8. The van der Waals surface area contributed by atoms with Crippen LogP contribution in [0.25, 0.3) is 0 Å². The van der Waals surface area contributed by atoms with E-state index in [0.717, 1.165) is 11.5 Å². The SMILES string of the molecule is C/C=C(\C)C1=C(C)N=C(NC(=O)c2ccccc2)C1. The molecule has 0 bridgehead atoms. The molecule has 0 fully saturated rings. The summed E-state index contributed by atoms with van der Waals surface area (Å²) in [6.45, 7) is 6.05. The fraction of sp³-hybridized carbons (Fsp3) is 0.250. The van der Waals surface area contributed by atoms with Crippen LogP contribution in [0.4, 0.5) is 0 Å². The number of nitrogens with zero attached hydrogens (tertiary/aromatic N) is 1. The van der Waals surface area contributed by atoms with Crippen molar-refractivity contribution in [2.75, 3.05) is 0 Å². The van der Waals surface area contributed by atoms with Crippen molar-refractivity contribution >= 4 is 11.7 Å². The van der Waals surface area contributed by atoms with Crippen LogP contribution in [0.5, 0.6) is 0 Å². The van der Waals surface area contributed by atoms with E-state index in [1.54, 1.807) is 12.1 Å². The maximum absolute atomic E-state index is 12.0. The second kappa shape index (κ2) is 5.65. The van der Waals surface area contributed by atoms with E-state index in [2.05, 4.69) is 23.3 Å². The van der Waals surface area contributed by atoms with Gasteiger partial charge in [0.25, 0.3) is 5.91 Å². The molecule has 1 heterocycles. The number of hydrogen-bond donors (Lipinski definition) is 1. The van der Waals surface area contributed by atoms with E-state index in [1.165, 1.54) is 11.1 Å². The Balaban J connectivity index is 2.05. The van der Waals surface area contributed by atoms with Crippen LogP contribution >= 0.6 is 0 Å². The largest absolute Gasteiger partial charge is 0.310 e. The Bertz CT molecular complexity index is 580. The quantitative estimate of drug-likeness (QED) is 0.862. The van der Waals surface area contributed by atoms with Crippen LogP contribution in [0.2, 0.25) is 0 Å². The minimum Gasteiger partial charge on any atom is -0.310 e. The first-order valence-electron chi connectivity index (χ1n) is 6.39. The van der Waals surface area contributed by atoms with Crippen molar-refractivity contribution in [3.05, 3.63) is 58.8 Å². The third-order valence-electron chi connectivity index (χ3n) is 3.29. The predicted octanol–water partition coefficient (Wildman–Crippen LogP) is 3.46. The molecule has 1 N–H and O–H groups in total. The van der Waals surface area contributed by atoms with Crippen molar-refractivity contribution in [1.29, 1.82) is 0 Å². The van der Waals surface area contributed by atoms with E-state index in [9.17, 15) is 4.79 Å². The van der Waals surface area contributed by atoms with Crippen molar-refractivity contribution in [2.45, 2.75) is 27.2 Å². The molecule has 0 unspecified atom stereocenters. The van der Waals surface area contributed by atoms with E-state index < -0.39 is 0 Å². The van der Waals surface area contributed by atoms with E-state index in [4.69, 9.17) is 0 Å². The van der Waals surface area contributed by atoms with Gasteiger partial charge in [-0.1, -0.05) is 24.3 Å². The Labute approximate surface area is 113 Å². The Hall–Kier alpha value is -2.16. The van der Waals surface area contributed by atoms with Crippen LogP contribution in [0.1, 0.15) is 37.6 Å². The normalized spacial score (nSPS) is 15.5. The lowest BCUT2D eigenvalue weighted by Crippen LogP contribution is -2.29. The molecule has 1 amide bonds. The zero-order valence-corrected chi connectivity index (χ0v) is 11.5. The highest BCUT2D eigenvalue weighted by molar-refractivity contribution is 6.08. The summed E-state index contributed by atoms with van der Waals surface area (Å²) >= 11 is 0.